The molecule has 0 radical (unpaired) electrons. The van der Waals surface area contributed by atoms with E-state index in [1.165, 1.54) is 29.8 Å². The molecule has 1 atom stereocenters. The summed E-state index contributed by atoms with van der Waals surface area (Å²) in [5.41, 5.74) is 7.46. The van der Waals surface area contributed by atoms with Crippen molar-refractivity contribution >= 4 is 17.8 Å². The molecule has 3 N–H and O–H groups in total. The molecule has 7 nitrogen and oxygen atoms in total. The van der Waals surface area contributed by atoms with Crippen molar-refractivity contribution in [3.05, 3.63) is 65.2 Å². The van der Waals surface area contributed by atoms with Gasteiger partial charge in [0.25, 0.3) is 11.8 Å². The van der Waals surface area contributed by atoms with Crippen molar-refractivity contribution in [2.24, 2.45) is 5.73 Å². The first-order valence-electron chi connectivity index (χ1n) is 8.95. The van der Waals surface area contributed by atoms with Crippen LogP contribution in [0.3, 0.4) is 0 Å². The Bertz CT molecular complexity index is 816. The van der Waals surface area contributed by atoms with Gasteiger partial charge in [0.15, 0.2) is 13.2 Å². The Labute approximate surface area is 163 Å². The molecule has 2 amide bonds. The van der Waals surface area contributed by atoms with Gasteiger partial charge in [-0.1, -0.05) is 31.2 Å². The Morgan fingerprint density at radius 2 is 1.64 bits per heavy atom. The standard InChI is InChI=1S/C21H24N2O5/c1-3-15-4-6-16(7-5-15)14(2)23-20(25)13-28-21(26)17-8-10-18(11-9-17)27-12-19(22)24/h4-11,14H,3,12-13H2,1-2H3,(H2,22,24)(H,23,25)/t14-/m1/s1. The maximum atomic E-state index is 12.0. The molecular weight excluding hydrogens is 360 g/mol. The first-order chi connectivity index (χ1) is 13.4. The molecule has 0 saturated carbocycles. The minimum absolute atomic E-state index is 0.196. The topological polar surface area (TPSA) is 108 Å². The van der Waals surface area contributed by atoms with Crippen LogP contribution >= 0.6 is 0 Å². The molecule has 148 valence electrons. The van der Waals surface area contributed by atoms with E-state index in [4.69, 9.17) is 15.2 Å². The lowest BCUT2D eigenvalue weighted by Gasteiger charge is -2.15. The fraction of sp³-hybridized carbons (Fsp3) is 0.286. The second-order valence-corrected chi connectivity index (χ2v) is 6.24. The first-order valence-corrected chi connectivity index (χ1v) is 8.95. The monoisotopic (exact) mass is 384 g/mol. The van der Waals surface area contributed by atoms with E-state index in [9.17, 15) is 14.4 Å². The third-order valence-electron chi connectivity index (χ3n) is 4.07. The number of ether oxygens (including phenoxy) is 2. The predicted octanol–water partition coefficient (Wildman–Crippen LogP) is 2.15. The van der Waals surface area contributed by atoms with Gasteiger partial charge < -0.3 is 20.5 Å². The van der Waals surface area contributed by atoms with Gasteiger partial charge in [-0.2, -0.15) is 0 Å². The fourth-order valence-corrected chi connectivity index (χ4v) is 2.46. The predicted molar refractivity (Wildman–Crippen MR) is 104 cm³/mol. The molecule has 2 aromatic rings. The molecule has 7 heteroatoms. The van der Waals surface area contributed by atoms with Crippen molar-refractivity contribution in [2.75, 3.05) is 13.2 Å². The number of amides is 2. The van der Waals surface area contributed by atoms with Crippen LogP contribution in [0.1, 0.15) is 41.4 Å². The molecule has 0 saturated heterocycles. The lowest BCUT2D eigenvalue weighted by atomic mass is 10.1. The summed E-state index contributed by atoms with van der Waals surface area (Å²) in [7, 11) is 0. The number of nitrogens with one attached hydrogen (secondary N) is 1. The summed E-state index contributed by atoms with van der Waals surface area (Å²) in [6, 6.07) is 13.8. The molecule has 0 spiro atoms. The molecule has 0 unspecified atom stereocenters. The minimum atomic E-state index is -0.628. The molecule has 0 fully saturated rings. The Morgan fingerprint density at radius 1 is 1.00 bits per heavy atom. The van der Waals surface area contributed by atoms with Crippen LogP contribution in [0, 0.1) is 0 Å². The number of aryl methyl sites for hydroxylation is 1. The molecule has 28 heavy (non-hydrogen) atoms. The number of primary amides is 1. The maximum Gasteiger partial charge on any atom is 0.338 e. The van der Waals surface area contributed by atoms with E-state index in [2.05, 4.69) is 12.2 Å². The largest absolute Gasteiger partial charge is 0.484 e. The van der Waals surface area contributed by atoms with Crippen molar-refractivity contribution in [2.45, 2.75) is 26.3 Å². The number of rotatable bonds is 9. The van der Waals surface area contributed by atoms with Gasteiger partial charge >= 0.3 is 5.97 Å². The highest BCUT2D eigenvalue weighted by molar-refractivity contribution is 5.91. The van der Waals surface area contributed by atoms with Crippen LogP contribution in [0.2, 0.25) is 0 Å². The highest BCUT2D eigenvalue weighted by Gasteiger charge is 2.13. The average molecular weight is 384 g/mol. The number of esters is 1. The highest BCUT2D eigenvalue weighted by atomic mass is 16.5. The van der Waals surface area contributed by atoms with Crippen molar-refractivity contribution < 1.29 is 23.9 Å². The van der Waals surface area contributed by atoms with Gasteiger partial charge in [0.1, 0.15) is 5.75 Å². The second-order valence-electron chi connectivity index (χ2n) is 6.24. The van der Waals surface area contributed by atoms with Crippen LogP contribution < -0.4 is 15.8 Å². The molecule has 2 rings (SSSR count). The van der Waals surface area contributed by atoms with Crippen LogP contribution in [0.5, 0.6) is 5.75 Å². The summed E-state index contributed by atoms with van der Waals surface area (Å²) >= 11 is 0. The first kappa shape index (κ1) is 21.0. The van der Waals surface area contributed by atoms with Crippen molar-refractivity contribution in [1.82, 2.24) is 5.32 Å². The van der Waals surface area contributed by atoms with Crippen molar-refractivity contribution in [3.8, 4) is 5.75 Å². The Balaban J connectivity index is 1.81. The van der Waals surface area contributed by atoms with E-state index in [1.54, 1.807) is 0 Å². The van der Waals surface area contributed by atoms with Crippen LogP contribution in [-0.4, -0.2) is 31.0 Å². The van der Waals surface area contributed by atoms with E-state index in [-0.39, 0.29) is 30.7 Å². The number of benzene rings is 2. The summed E-state index contributed by atoms with van der Waals surface area (Å²) in [6.45, 7) is 3.32. The maximum absolute atomic E-state index is 12.0. The SMILES string of the molecule is CCc1ccc([C@@H](C)NC(=O)COC(=O)c2ccc(OCC(N)=O)cc2)cc1. The molecular formula is C21H24N2O5. The minimum Gasteiger partial charge on any atom is -0.484 e. The van der Waals surface area contributed by atoms with E-state index in [1.807, 2.05) is 31.2 Å². The summed E-state index contributed by atoms with van der Waals surface area (Å²) in [5.74, 6) is -1.21. The van der Waals surface area contributed by atoms with E-state index < -0.39 is 11.9 Å². The molecule has 0 aliphatic rings. The van der Waals surface area contributed by atoms with Gasteiger partial charge in [-0.3, -0.25) is 9.59 Å². The Hall–Kier alpha value is -3.35. The lowest BCUT2D eigenvalue weighted by Crippen LogP contribution is -2.31. The zero-order valence-corrected chi connectivity index (χ0v) is 15.9. The summed E-state index contributed by atoms with van der Waals surface area (Å²) < 4.78 is 10.1. The lowest BCUT2D eigenvalue weighted by molar-refractivity contribution is -0.125. The zero-order chi connectivity index (χ0) is 20.5. The number of carbonyl (C=O) groups is 3. The van der Waals surface area contributed by atoms with Gasteiger partial charge in [0, 0.05) is 0 Å². The molecule has 0 aromatic heterocycles. The van der Waals surface area contributed by atoms with E-state index >= 15 is 0 Å². The number of hydrogen-bond donors (Lipinski definition) is 2. The second kappa shape index (κ2) is 10.1. The summed E-state index contributed by atoms with van der Waals surface area (Å²) in [6.07, 6.45) is 0.954. The summed E-state index contributed by atoms with van der Waals surface area (Å²) in [4.78, 5) is 34.8. The molecule has 2 aromatic carbocycles. The molecule has 0 bridgehead atoms. The number of nitrogens with two attached hydrogens (primary N) is 1. The molecule has 0 heterocycles. The zero-order valence-electron chi connectivity index (χ0n) is 15.9. The van der Waals surface area contributed by atoms with Gasteiger partial charge in [0.05, 0.1) is 11.6 Å². The smallest absolute Gasteiger partial charge is 0.338 e. The van der Waals surface area contributed by atoms with Gasteiger partial charge in [-0.15, -0.1) is 0 Å². The van der Waals surface area contributed by atoms with Crippen LogP contribution in [0.25, 0.3) is 0 Å². The Morgan fingerprint density at radius 3 is 2.21 bits per heavy atom. The quantitative estimate of drug-likeness (QED) is 0.644. The van der Waals surface area contributed by atoms with Gasteiger partial charge in [-0.05, 0) is 48.7 Å². The molecule has 0 aliphatic carbocycles. The molecule has 0 aliphatic heterocycles. The summed E-state index contributed by atoms with van der Waals surface area (Å²) in [5, 5.41) is 2.80. The number of hydrogen-bond acceptors (Lipinski definition) is 5. The Kier molecular flexibility index (Phi) is 7.56. The normalized spacial score (nSPS) is 11.4. The van der Waals surface area contributed by atoms with Crippen molar-refractivity contribution in [1.29, 1.82) is 0 Å². The average Bonchev–Trinajstić information content (AvgIpc) is 2.70. The van der Waals surface area contributed by atoms with Crippen molar-refractivity contribution in [3.63, 3.8) is 0 Å². The third kappa shape index (κ3) is 6.42. The third-order valence-corrected chi connectivity index (χ3v) is 4.07. The van der Waals surface area contributed by atoms with Crippen LogP contribution in [0.15, 0.2) is 48.5 Å². The van der Waals surface area contributed by atoms with Crippen LogP contribution in [0.4, 0.5) is 0 Å². The highest BCUT2D eigenvalue weighted by Crippen LogP contribution is 2.14. The van der Waals surface area contributed by atoms with Gasteiger partial charge in [0.2, 0.25) is 0 Å². The van der Waals surface area contributed by atoms with Gasteiger partial charge in [-0.25, -0.2) is 4.79 Å². The van der Waals surface area contributed by atoms with E-state index in [0.717, 1.165) is 12.0 Å². The fourth-order valence-electron chi connectivity index (χ4n) is 2.46. The van der Waals surface area contributed by atoms with E-state index in [0.29, 0.717) is 5.75 Å². The number of carbonyl (C=O) groups excluding carboxylic acids is 3. The van der Waals surface area contributed by atoms with Crippen LogP contribution in [-0.2, 0) is 20.7 Å².